The molecule has 1 aliphatic carbocycles. The monoisotopic (exact) mass is 270 g/mol. The lowest BCUT2D eigenvalue weighted by Crippen LogP contribution is -2.41. The number of piperidine rings is 1. The second kappa shape index (κ2) is 4.39. The SMILES string of the molecule is C[C@@H]1C2CC[C@H]1CN(c1ccnc(C(F)(F)F)c1)C2. The molecule has 2 fully saturated rings. The molecule has 1 saturated carbocycles. The molecule has 1 aliphatic heterocycles. The minimum absolute atomic E-state index is 0.626. The molecule has 1 aromatic heterocycles. The van der Waals surface area contributed by atoms with Gasteiger partial charge in [0.2, 0.25) is 0 Å². The summed E-state index contributed by atoms with van der Waals surface area (Å²) in [5, 5.41) is 0. The summed E-state index contributed by atoms with van der Waals surface area (Å²) in [5.74, 6) is 1.96. The van der Waals surface area contributed by atoms with Crippen LogP contribution < -0.4 is 4.90 Å². The molecular formula is C14H17F3N2. The topological polar surface area (TPSA) is 16.1 Å². The molecule has 2 heterocycles. The van der Waals surface area contributed by atoms with Crippen LogP contribution in [0.2, 0.25) is 0 Å². The van der Waals surface area contributed by atoms with E-state index >= 15 is 0 Å². The van der Waals surface area contributed by atoms with Crippen LogP contribution in [0.15, 0.2) is 18.3 Å². The number of aromatic nitrogens is 1. The molecule has 1 saturated heterocycles. The third-order valence-electron chi connectivity index (χ3n) is 4.70. The maximum atomic E-state index is 12.7. The van der Waals surface area contributed by atoms with E-state index in [0.29, 0.717) is 23.4 Å². The highest BCUT2D eigenvalue weighted by molar-refractivity contribution is 5.48. The van der Waals surface area contributed by atoms with Crippen LogP contribution in [0.5, 0.6) is 0 Å². The standard InChI is InChI=1S/C14H17F3N2/c1-9-10-2-3-11(9)8-19(7-10)12-4-5-18-13(6-12)14(15,16)17/h4-6,9-11H,2-3,7-8H2,1H3/t9-,10-,11?/m0/s1. The second-order valence-electron chi connectivity index (χ2n) is 5.76. The average Bonchev–Trinajstić information content (AvgIpc) is 2.61. The van der Waals surface area contributed by atoms with Crippen LogP contribution in [0.4, 0.5) is 18.9 Å². The molecule has 2 aliphatic rings. The van der Waals surface area contributed by atoms with E-state index in [9.17, 15) is 13.2 Å². The van der Waals surface area contributed by atoms with Crippen LogP contribution in [-0.4, -0.2) is 18.1 Å². The normalized spacial score (nSPS) is 30.7. The van der Waals surface area contributed by atoms with E-state index in [1.165, 1.54) is 25.1 Å². The maximum absolute atomic E-state index is 12.7. The lowest BCUT2D eigenvalue weighted by atomic mass is 9.86. The second-order valence-corrected chi connectivity index (χ2v) is 5.76. The van der Waals surface area contributed by atoms with Crippen molar-refractivity contribution in [3.8, 4) is 0 Å². The fourth-order valence-electron chi connectivity index (χ4n) is 3.48. The number of anilines is 1. The number of fused-ring (bicyclic) bond motifs is 2. The Morgan fingerprint density at radius 1 is 1.21 bits per heavy atom. The zero-order chi connectivity index (χ0) is 13.6. The van der Waals surface area contributed by atoms with Crippen LogP contribution in [0.25, 0.3) is 0 Å². The van der Waals surface area contributed by atoms with Gasteiger partial charge in [-0.1, -0.05) is 6.92 Å². The molecule has 0 radical (unpaired) electrons. The molecule has 0 N–H and O–H groups in total. The molecule has 5 heteroatoms. The van der Waals surface area contributed by atoms with Crippen molar-refractivity contribution in [3.05, 3.63) is 24.0 Å². The Labute approximate surface area is 110 Å². The predicted octanol–water partition coefficient (Wildman–Crippen LogP) is 3.58. The molecule has 3 atom stereocenters. The molecule has 1 unspecified atom stereocenters. The molecule has 0 amide bonds. The highest BCUT2D eigenvalue weighted by Crippen LogP contribution is 2.43. The van der Waals surface area contributed by atoms with Gasteiger partial charge in [-0.15, -0.1) is 0 Å². The van der Waals surface area contributed by atoms with E-state index in [1.807, 2.05) is 0 Å². The zero-order valence-electron chi connectivity index (χ0n) is 10.8. The molecule has 104 valence electrons. The Morgan fingerprint density at radius 3 is 2.42 bits per heavy atom. The quantitative estimate of drug-likeness (QED) is 0.775. The fraction of sp³-hybridized carbons (Fsp3) is 0.643. The number of halogens is 3. The summed E-state index contributed by atoms with van der Waals surface area (Å²) < 4.78 is 38.0. The Balaban J connectivity index is 1.84. The number of pyridine rings is 1. The first-order valence-electron chi connectivity index (χ1n) is 6.73. The van der Waals surface area contributed by atoms with E-state index in [1.54, 1.807) is 6.07 Å². The number of alkyl halides is 3. The lowest BCUT2D eigenvalue weighted by molar-refractivity contribution is -0.141. The Bertz CT molecular complexity index is 458. The Morgan fingerprint density at radius 2 is 1.84 bits per heavy atom. The van der Waals surface area contributed by atoms with Crippen molar-refractivity contribution in [1.82, 2.24) is 4.98 Å². The van der Waals surface area contributed by atoms with Crippen LogP contribution in [0.1, 0.15) is 25.5 Å². The van der Waals surface area contributed by atoms with Crippen molar-refractivity contribution in [1.29, 1.82) is 0 Å². The largest absolute Gasteiger partial charge is 0.433 e. The molecule has 3 rings (SSSR count). The van der Waals surface area contributed by atoms with Crippen molar-refractivity contribution >= 4 is 5.69 Å². The first-order chi connectivity index (χ1) is 8.95. The molecule has 2 nitrogen and oxygen atoms in total. The van der Waals surface area contributed by atoms with Crippen LogP contribution in [0.3, 0.4) is 0 Å². The summed E-state index contributed by atoms with van der Waals surface area (Å²) in [6.45, 7) is 4.02. The first kappa shape index (κ1) is 12.8. The van der Waals surface area contributed by atoms with Gasteiger partial charge in [-0.2, -0.15) is 13.2 Å². The number of nitrogens with zero attached hydrogens (tertiary/aromatic N) is 2. The van der Waals surface area contributed by atoms with Crippen LogP contribution >= 0.6 is 0 Å². The minimum atomic E-state index is -4.36. The lowest BCUT2D eigenvalue weighted by Gasteiger charge is -2.38. The van der Waals surface area contributed by atoms with Crippen molar-refractivity contribution in [2.75, 3.05) is 18.0 Å². The van der Waals surface area contributed by atoms with Gasteiger partial charge >= 0.3 is 6.18 Å². The minimum Gasteiger partial charge on any atom is -0.371 e. The van der Waals surface area contributed by atoms with Gasteiger partial charge in [-0.3, -0.25) is 4.98 Å². The number of hydrogen-bond acceptors (Lipinski definition) is 2. The zero-order valence-corrected chi connectivity index (χ0v) is 10.8. The van der Waals surface area contributed by atoms with Gasteiger partial charge in [0.15, 0.2) is 0 Å². The molecule has 19 heavy (non-hydrogen) atoms. The number of hydrogen-bond donors (Lipinski definition) is 0. The van der Waals surface area contributed by atoms with Gasteiger partial charge < -0.3 is 4.90 Å². The summed E-state index contributed by atoms with van der Waals surface area (Å²) in [4.78, 5) is 5.52. The van der Waals surface area contributed by atoms with Crippen LogP contribution in [0, 0.1) is 17.8 Å². The van der Waals surface area contributed by atoms with Gasteiger partial charge in [-0.05, 0) is 42.7 Å². The van der Waals surface area contributed by atoms with Crippen LogP contribution in [-0.2, 0) is 6.18 Å². The van der Waals surface area contributed by atoms with E-state index in [4.69, 9.17) is 0 Å². The molecule has 0 spiro atoms. The van der Waals surface area contributed by atoms with Crippen molar-refractivity contribution in [2.24, 2.45) is 17.8 Å². The number of rotatable bonds is 1. The Kier molecular flexibility index (Phi) is 2.95. The fourth-order valence-corrected chi connectivity index (χ4v) is 3.48. The van der Waals surface area contributed by atoms with E-state index in [2.05, 4.69) is 16.8 Å². The molecular weight excluding hydrogens is 253 g/mol. The average molecular weight is 270 g/mol. The van der Waals surface area contributed by atoms with E-state index in [0.717, 1.165) is 13.1 Å². The maximum Gasteiger partial charge on any atom is 0.433 e. The van der Waals surface area contributed by atoms with Gasteiger partial charge in [0.25, 0.3) is 0 Å². The highest BCUT2D eigenvalue weighted by Gasteiger charge is 2.40. The highest BCUT2D eigenvalue weighted by atomic mass is 19.4. The van der Waals surface area contributed by atoms with Gasteiger partial charge in [0, 0.05) is 25.0 Å². The summed E-state index contributed by atoms with van der Waals surface area (Å²) in [5.41, 5.74) is -0.137. The molecule has 2 bridgehead atoms. The van der Waals surface area contributed by atoms with E-state index in [-0.39, 0.29) is 0 Å². The summed E-state index contributed by atoms with van der Waals surface area (Å²) in [6.07, 6.45) is -0.685. The molecule has 1 aromatic rings. The Hall–Kier alpha value is -1.26. The first-order valence-corrected chi connectivity index (χ1v) is 6.73. The molecule has 0 aromatic carbocycles. The van der Waals surface area contributed by atoms with Gasteiger partial charge in [-0.25, -0.2) is 0 Å². The summed E-state index contributed by atoms with van der Waals surface area (Å²) in [7, 11) is 0. The third-order valence-corrected chi connectivity index (χ3v) is 4.70. The third kappa shape index (κ3) is 2.30. The van der Waals surface area contributed by atoms with Crippen molar-refractivity contribution in [2.45, 2.75) is 25.9 Å². The van der Waals surface area contributed by atoms with Crippen molar-refractivity contribution < 1.29 is 13.2 Å². The van der Waals surface area contributed by atoms with E-state index < -0.39 is 11.9 Å². The summed E-state index contributed by atoms with van der Waals surface area (Å²) in [6, 6.07) is 2.86. The summed E-state index contributed by atoms with van der Waals surface area (Å²) >= 11 is 0. The predicted molar refractivity (Wildman–Crippen MR) is 66.8 cm³/mol. The van der Waals surface area contributed by atoms with Crippen molar-refractivity contribution in [3.63, 3.8) is 0 Å². The van der Waals surface area contributed by atoms with Gasteiger partial charge in [0.1, 0.15) is 5.69 Å². The smallest absolute Gasteiger partial charge is 0.371 e. The van der Waals surface area contributed by atoms with Gasteiger partial charge in [0.05, 0.1) is 0 Å².